The second kappa shape index (κ2) is 5.28. The quantitative estimate of drug-likeness (QED) is 0.522. The molecule has 0 nitrogen and oxygen atoms in total. The second-order valence-electron chi connectivity index (χ2n) is 2.54. The fraction of sp³-hybridized carbons (Fsp3) is 0.600. The molecule has 0 bridgehead atoms. The van der Waals surface area contributed by atoms with E-state index in [1.165, 1.54) is 24.0 Å². The fourth-order valence-corrected chi connectivity index (χ4v) is 1.02. The van der Waals surface area contributed by atoms with Gasteiger partial charge in [0.1, 0.15) is 0 Å². The highest BCUT2D eigenvalue weighted by Crippen LogP contribution is 2.14. The van der Waals surface area contributed by atoms with Crippen LogP contribution < -0.4 is 0 Å². The molecule has 0 aromatic heterocycles. The first-order chi connectivity index (χ1) is 4.76. The fourth-order valence-electron chi connectivity index (χ4n) is 1.02. The van der Waals surface area contributed by atoms with Crippen LogP contribution >= 0.6 is 0 Å². The molecule has 58 valence electrons. The summed E-state index contributed by atoms with van der Waals surface area (Å²) >= 11 is 0. The summed E-state index contributed by atoms with van der Waals surface area (Å²) in [5.74, 6) is 0. The highest BCUT2D eigenvalue weighted by Gasteiger charge is 1.94. The van der Waals surface area contributed by atoms with E-state index in [0.717, 1.165) is 0 Å². The molecule has 10 heavy (non-hydrogen) atoms. The van der Waals surface area contributed by atoms with Crippen molar-refractivity contribution in [1.82, 2.24) is 0 Å². The zero-order chi connectivity index (χ0) is 7.98. The Morgan fingerprint density at radius 3 is 2.10 bits per heavy atom. The summed E-state index contributed by atoms with van der Waals surface area (Å²) in [6.45, 7) is 8.59. The Kier molecular flexibility index (Phi) is 5.00. The molecule has 0 unspecified atom stereocenters. The molecule has 0 aliphatic rings. The van der Waals surface area contributed by atoms with Gasteiger partial charge in [-0.25, -0.2) is 0 Å². The summed E-state index contributed by atoms with van der Waals surface area (Å²) in [5, 5.41) is 0. The predicted octanol–water partition coefficient (Wildman–Crippen LogP) is 3.70. The summed E-state index contributed by atoms with van der Waals surface area (Å²) in [4.78, 5) is 0. The molecule has 0 aliphatic carbocycles. The molecule has 0 saturated heterocycles. The van der Waals surface area contributed by atoms with Crippen molar-refractivity contribution < 1.29 is 0 Å². The van der Waals surface area contributed by atoms with E-state index >= 15 is 0 Å². The van der Waals surface area contributed by atoms with Crippen LogP contribution in [0.1, 0.15) is 40.5 Å². The first-order valence-electron chi connectivity index (χ1n) is 4.04. The molecule has 0 aromatic carbocycles. The van der Waals surface area contributed by atoms with Crippen molar-refractivity contribution in [2.24, 2.45) is 0 Å². The normalized spacial score (nSPS) is 14.0. The maximum atomic E-state index is 2.21. The molecule has 0 heteroatoms. The maximum absolute atomic E-state index is 2.21. The molecule has 0 aromatic rings. The van der Waals surface area contributed by atoms with E-state index in [9.17, 15) is 0 Å². The monoisotopic (exact) mass is 138 g/mol. The van der Waals surface area contributed by atoms with Crippen LogP contribution in [0.5, 0.6) is 0 Å². The second-order valence-corrected chi connectivity index (χ2v) is 2.54. The van der Waals surface area contributed by atoms with E-state index in [2.05, 4.69) is 39.8 Å². The summed E-state index contributed by atoms with van der Waals surface area (Å²) < 4.78 is 0. The highest BCUT2D eigenvalue weighted by molar-refractivity contribution is 5.27. The molecule has 0 heterocycles. The number of rotatable bonds is 3. The maximum Gasteiger partial charge on any atom is -0.0282 e. The molecule has 0 atom stereocenters. The zero-order valence-corrected chi connectivity index (χ0v) is 7.57. The Morgan fingerprint density at radius 1 is 1.20 bits per heavy atom. The van der Waals surface area contributed by atoms with Crippen LogP contribution in [0, 0.1) is 0 Å². The van der Waals surface area contributed by atoms with Gasteiger partial charge in [-0.05, 0) is 32.8 Å². The average Bonchev–Trinajstić information content (AvgIpc) is 1.99. The molecular formula is C10H18. The van der Waals surface area contributed by atoms with E-state index in [1.807, 2.05) is 0 Å². The standard InChI is InChI=1S/C10H18/c1-5-8-10(7-3)9(4)6-2/h6-7H,5,8H2,1-4H3/b9-6-,10-7-. The molecule has 0 amide bonds. The lowest BCUT2D eigenvalue weighted by Crippen LogP contribution is -1.83. The zero-order valence-electron chi connectivity index (χ0n) is 7.57. The lowest BCUT2D eigenvalue weighted by molar-refractivity contribution is 0.908. The van der Waals surface area contributed by atoms with Crippen molar-refractivity contribution in [3.05, 3.63) is 23.3 Å². The van der Waals surface area contributed by atoms with Gasteiger partial charge in [0.2, 0.25) is 0 Å². The third-order valence-electron chi connectivity index (χ3n) is 1.81. The summed E-state index contributed by atoms with van der Waals surface area (Å²) in [6, 6.07) is 0. The van der Waals surface area contributed by atoms with E-state index in [4.69, 9.17) is 0 Å². The third-order valence-corrected chi connectivity index (χ3v) is 1.81. The minimum atomic E-state index is 1.21. The van der Waals surface area contributed by atoms with E-state index < -0.39 is 0 Å². The van der Waals surface area contributed by atoms with Crippen molar-refractivity contribution in [2.75, 3.05) is 0 Å². The van der Waals surface area contributed by atoms with Crippen LogP contribution in [-0.4, -0.2) is 0 Å². The summed E-state index contributed by atoms with van der Waals surface area (Å²) in [5.41, 5.74) is 2.91. The molecule has 0 N–H and O–H groups in total. The lowest BCUT2D eigenvalue weighted by Gasteiger charge is -2.03. The topological polar surface area (TPSA) is 0 Å². The first kappa shape index (κ1) is 9.48. The smallest absolute Gasteiger partial charge is 0.0282 e. The molecule has 0 aliphatic heterocycles. The molecule has 0 saturated carbocycles. The van der Waals surface area contributed by atoms with Gasteiger partial charge in [0, 0.05) is 0 Å². The van der Waals surface area contributed by atoms with Crippen molar-refractivity contribution in [3.8, 4) is 0 Å². The predicted molar refractivity (Wildman–Crippen MR) is 48.1 cm³/mol. The Hall–Kier alpha value is -0.520. The van der Waals surface area contributed by atoms with Crippen molar-refractivity contribution >= 4 is 0 Å². The number of hydrogen-bond donors (Lipinski definition) is 0. The van der Waals surface area contributed by atoms with Gasteiger partial charge in [-0.15, -0.1) is 0 Å². The summed E-state index contributed by atoms with van der Waals surface area (Å²) in [6.07, 6.45) is 6.83. The molecule has 0 fully saturated rings. The lowest BCUT2D eigenvalue weighted by atomic mass is 10.0. The van der Waals surface area contributed by atoms with Gasteiger partial charge in [0.25, 0.3) is 0 Å². The van der Waals surface area contributed by atoms with Crippen LogP contribution in [0.3, 0.4) is 0 Å². The molecule has 0 spiro atoms. The molecular weight excluding hydrogens is 120 g/mol. The average molecular weight is 138 g/mol. The molecule has 0 radical (unpaired) electrons. The first-order valence-corrected chi connectivity index (χ1v) is 4.04. The highest BCUT2D eigenvalue weighted by atomic mass is 14.0. The van der Waals surface area contributed by atoms with Gasteiger partial charge in [-0.2, -0.15) is 0 Å². The van der Waals surface area contributed by atoms with Gasteiger partial charge in [-0.1, -0.05) is 31.1 Å². The van der Waals surface area contributed by atoms with Crippen LogP contribution in [0.25, 0.3) is 0 Å². The number of hydrogen-bond acceptors (Lipinski definition) is 0. The Labute approximate surface area is 64.6 Å². The molecule has 0 rings (SSSR count). The van der Waals surface area contributed by atoms with Crippen LogP contribution in [0.2, 0.25) is 0 Å². The third kappa shape index (κ3) is 2.86. The van der Waals surface area contributed by atoms with E-state index in [-0.39, 0.29) is 0 Å². The summed E-state index contributed by atoms with van der Waals surface area (Å²) in [7, 11) is 0. The van der Waals surface area contributed by atoms with E-state index in [0.29, 0.717) is 0 Å². The van der Waals surface area contributed by atoms with Gasteiger partial charge >= 0.3 is 0 Å². The minimum Gasteiger partial charge on any atom is -0.0845 e. The van der Waals surface area contributed by atoms with Crippen LogP contribution in [-0.2, 0) is 0 Å². The van der Waals surface area contributed by atoms with Crippen LogP contribution in [0.15, 0.2) is 23.3 Å². The van der Waals surface area contributed by atoms with Crippen molar-refractivity contribution in [3.63, 3.8) is 0 Å². The van der Waals surface area contributed by atoms with Gasteiger partial charge < -0.3 is 0 Å². The number of allylic oxidation sites excluding steroid dienone is 4. The van der Waals surface area contributed by atoms with Gasteiger partial charge in [0.15, 0.2) is 0 Å². The van der Waals surface area contributed by atoms with Gasteiger partial charge in [0.05, 0.1) is 0 Å². The largest absolute Gasteiger partial charge is 0.0845 e. The Balaban J connectivity index is 4.09. The SMILES string of the molecule is C/C=C(C)\C(=C/C)CCC. The van der Waals surface area contributed by atoms with Crippen LogP contribution in [0.4, 0.5) is 0 Å². The Bertz CT molecular complexity index is 138. The minimum absolute atomic E-state index is 1.21. The van der Waals surface area contributed by atoms with E-state index in [1.54, 1.807) is 0 Å². The Morgan fingerprint density at radius 2 is 1.80 bits per heavy atom. The van der Waals surface area contributed by atoms with Gasteiger partial charge in [-0.3, -0.25) is 0 Å². The van der Waals surface area contributed by atoms with Crippen molar-refractivity contribution in [1.29, 1.82) is 0 Å². The van der Waals surface area contributed by atoms with Crippen molar-refractivity contribution in [2.45, 2.75) is 40.5 Å².